The summed E-state index contributed by atoms with van der Waals surface area (Å²) in [7, 11) is 3.36. The third-order valence-electron chi connectivity index (χ3n) is 3.05. The molecular weight excluding hydrogens is 314 g/mol. The Morgan fingerprint density at radius 1 is 1.30 bits per heavy atom. The second kappa shape index (κ2) is 7.23. The number of benzene rings is 1. The Morgan fingerprint density at radius 3 is 2.65 bits per heavy atom. The maximum absolute atomic E-state index is 12.4. The maximum atomic E-state index is 12.4. The molecule has 0 fully saturated rings. The molecule has 0 aliphatic heterocycles. The zero-order chi connectivity index (χ0) is 17.0. The highest BCUT2D eigenvalue weighted by Crippen LogP contribution is 2.25. The van der Waals surface area contributed by atoms with Crippen molar-refractivity contribution in [3.05, 3.63) is 40.4 Å². The highest BCUT2D eigenvalue weighted by molar-refractivity contribution is 7.17. The molecular formula is C16H19N3O3S. The molecule has 2 amide bonds. The molecule has 122 valence electrons. The van der Waals surface area contributed by atoms with Crippen molar-refractivity contribution in [1.82, 2.24) is 9.88 Å². The molecule has 1 N–H and O–H groups in total. The van der Waals surface area contributed by atoms with Crippen LogP contribution in [0.1, 0.15) is 32.6 Å². The molecule has 0 aliphatic carbocycles. The van der Waals surface area contributed by atoms with Crippen LogP contribution in [0.5, 0.6) is 5.75 Å². The number of carbonyl (C=O) groups is 2. The van der Waals surface area contributed by atoms with Crippen molar-refractivity contribution in [2.45, 2.75) is 13.8 Å². The maximum Gasteiger partial charge on any atom is 0.265 e. The Labute approximate surface area is 139 Å². The molecule has 0 radical (unpaired) electrons. The minimum Gasteiger partial charge on any atom is -0.493 e. The fraction of sp³-hybridized carbons (Fsp3) is 0.312. The number of amides is 2. The van der Waals surface area contributed by atoms with Crippen molar-refractivity contribution in [1.29, 1.82) is 0 Å². The van der Waals surface area contributed by atoms with Gasteiger partial charge in [-0.3, -0.25) is 14.9 Å². The van der Waals surface area contributed by atoms with Gasteiger partial charge in [0.25, 0.3) is 11.8 Å². The van der Waals surface area contributed by atoms with Crippen molar-refractivity contribution >= 4 is 28.3 Å². The highest BCUT2D eigenvalue weighted by Gasteiger charge is 2.19. The van der Waals surface area contributed by atoms with Crippen LogP contribution in [0, 0.1) is 6.92 Å². The Balaban J connectivity index is 2.22. The zero-order valence-corrected chi connectivity index (χ0v) is 14.4. The summed E-state index contributed by atoms with van der Waals surface area (Å²) in [5.74, 6) is 0.0761. The van der Waals surface area contributed by atoms with Gasteiger partial charge in [0, 0.05) is 14.1 Å². The molecule has 6 nitrogen and oxygen atoms in total. The predicted octanol–water partition coefficient (Wildman–Crippen LogP) is 2.80. The number of hydrogen-bond donors (Lipinski definition) is 1. The molecule has 2 aromatic rings. The van der Waals surface area contributed by atoms with Crippen LogP contribution in [-0.2, 0) is 0 Å². The minimum atomic E-state index is -0.313. The predicted molar refractivity (Wildman–Crippen MR) is 90.4 cm³/mol. The van der Waals surface area contributed by atoms with E-state index in [0.717, 1.165) is 11.3 Å². The van der Waals surface area contributed by atoms with Gasteiger partial charge in [-0.1, -0.05) is 23.5 Å². The van der Waals surface area contributed by atoms with Crippen LogP contribution < -0.4 is 10.1 Å². The summed E-state index contributed by atoms with van der Waals surface area (Å²) in [5.41, 5.74) is 1.03. The van der Waals surface area contributed by atoms with E-state index in [-0.39, 0.29) is 11.8 Å². The summed E-state index contributed by atoms with van der Waals surface area (Å²) < 4.78 is 5.46. The number of rotatable bonds is 5. The lowest BCUT2D eigenvalue weighted by molar-refractivity contribution is 0.0831. The molecule has 0 saturated heterocycles. The topological polar surface area (TPSA) is 71.5 Å². The van der Waals surface area contributed by atoms with Crippen LogP contribution in [0.2, 0.25) is 0 Å². The van der Waals surface area contributed by atoms with E-state index in [1.54, 1.807) is 39.2 Å². The third-order valence-corrected chi connectivity index (χ3v) is 4.11. The molecule has 0 spiro atoms. The first-order valence-electron chi connectivity index (χ1n) is 7.16. The summed E-state index contributed by atoms with van der Waals surface area (Å²) in [5, 5.41) is 3.12. The molecule has 2 rings (SSSR count). The van der Waals surface area contributed by atoms with Crippen LogP contribution in [-0.4, -0.2) is 42.4 Å². The number of ether oxygens (including phenoxy) is 1. The van der Waals surface area contributed by atoms with Crippen LogP contribution >= 0.6 is 11.3 Å². The van der Waals surface area contributed by atoms with E-state index in [1.165, 1.54) is 4.90 Å². The smallest absolute Gasteiger partial charge is 0.265 e. The van der Waals surface area contributed by atoms with Crippen molar-refractivity contribution in [2.24, 2.45) is 0 Å². The summed E-state index contributed by atoms with van der Waals surface area (Å²) in [6, 6.07) is 7.01. The van der Waals surface area contributed by atoms with Gasteiger partial charge in [0.05, 0.1) is 17.9 Å². The largest absolute Gasteiger partial charge is 0.493 e. The van der Waals surface area contributed by atoms with E-state index in [1.807, 2.05) is 13.0 Å². The van der Waals surface area contributed by atoms with Gasteiger partial charge in [0.1, 0.15) is 10.6 Å². The summed E-state index contributed by atoms with van der Waals surface area (Å²) in [4.78, 5) is 30.7. The van der Waals surface area contributed by atoms with Gasteiger partial charge < -0.3 is 9.64 Å². The van der Waals surface area contributed by atoms with E-state index >= 15 is 0 Å². The van der Waals surface area contributed by atoms with Gasteiger partial charge >= 0.3 is 0 Å². The molecule has 0 bridgehead atoms. The van der Waals surface area contributed by atoms with Crippen LogP contribution in [0.4, 0.5) is 5.13 Å². The average Bonchev–Trinajstić information content (AvgIpc) is 2.87. The zero-order valence-electron chi connectivity index (χ0n) is 13.5. The average molecular weight is 333 g/mol. The lowest BCUT2D eigenvalue weighted by Gasteiger charge is -2.09. The minimum absolute atomic E-state index is 0.129. The Hall–Kier alpha value is -2.41. The molecule has 23 heavy (non-hydrogen) atoms. The number of anilines is 1. The normalized spacial score (nSPS) is 10.3. The van der Waals surface area contributed by atoms with E-state index in [4.69, 9.17) is 4.74 Å². The van der Waals surface area contributed by atoms with E-state index in [9.17, 15) is 9.59 Å². The Morgan fingerprint density at radius 2 is 2.00 bits per heavy atom. The second-order valence-electron chi connectivity index (χ2n) is 5.02. The Bertz CT molecular complexity index is 725. The lowest BCUT2D eigenvalue weighted by atomic mass is 10.2. The first kappa shape index (κ1) is 17.0. The van der Waals surface area contributed by atoms with Crippen LogP contribution in [0.25, 0.3) is 0 Å². The fourth-order valence-electron chi connectivity index (χ4n) is 1.95. The molecule has 1 aromatic carbocycles. The Kier molecular flexibility index (Phi) is 5.33. The monoisotopic (exact) mass is 333 g/mol. The second-order valence-corrected chi connectivity index (χ2v) is 6.02. The summed E-state index contributed by atoms with van der Waals surface area (Å²) in [6.45, 7) is 4.08. The van der Waals surface area contributed by atoms with Crippen molar-refractivity contribution in [3.8, 4) is 5.75 Å². The van der Waals surface area contributed by atoms with Crippen molar-refractivity contribution in [3.63, 3.8) is 0 Å². The number of thiazole rings is 1. The SMILES string of the molecule is CCOc1ccccc1C(=O)Nc1nc(C)c(C(=O)N(C)C)s1. The third kappa shape index (κ3) is 3.87. The molecule has 1 heterocycles. The van der Waals surface area contributed by atoms with E-state index < -0.39 is 0 Å². The molecule has 0 unspecified atom stereocenters. The fourth-order valence-corrected chi connectivity index (χ4v) is 2.93. The van der Waals surface area contributed by atoms with Crippen molar-refractivity contribution < 1.29 is 14.3 Å². The number of carbonyl (C=O) groups excluding carboxylic acids is 2. The van der Waals surface area contributed by atoms with Gasteiger partial charge in [0.15, 0.2) is 5.13 Å². The number of nitrogens with one attached hydrogen (secondary N) is 1. The van der Waals surface area contributed by atoms with Gasteiger partial charge in [-0.2, -0.15) is 0 Å². The summed E-state index contributed by atoms with van der Waals surface area (Å²) in [6.07, 6.45) is 0. The molecule has 0 saturated carbocycles. The standard InChI is InChI=1S/C16H19N3O3S/c1-5-22-12-9-7-6-8-11(12)14(20)18-16-17-10(2)13(23-16)15(21)19(3)4/h6-9H,5H2,1-4H3,(H,17,18,20). The highest BCUT2D eigenvalue weighted by atomic mass is 32.1. The molecule has 0 aliphatic rings. The number of aromatic nitrogens is 1. The van der Waals surface area contributed by atoms with Gasteiger partial charge in [0.2, 0.25) is 0 Å². The first-order valence-corrected chi connectivity index (χ1v) is 7.98. The van der Waals surface area contributed by atoms with E-state index in [2.05, 4.69) is 10.3 Å². The molecule has 1 aromatic heterocycles. The number of nitrogens with zero attached hydrogens (tertiary/aromatic N) is 2. The van der Waals surface area contributed by atoms with Crippen LogP contribution in [0.15, 0.2) is 24.3 Å². The van der Waals surface area contributed by atoms with Crippen LogP contribution in [0.3, 0.4) is 0 Å². The summed E-state index contributed by atoms with van der Waals surface area (Å²) >= 11 is 1.16. The molecule has 7 heteroatoms. The quantitative estimate of drug-likeness (QED) is 0.913. The lowest BCUT2D eigenvalue weighted by Crippen LogP contribution is -2.21. The molecule has 0 atom stereocenters. The number of hydrogen-bond acceptors (Lipinski definition) is 5. The van der Waals surface area contributed by atoms with Gasteiger partial charge in [-0.15, -0.1) is 0 Å². The van der Waals surface area contributed by atoms with Crippen molar-refractivity contribution in [2.75, 3.05) is 26.0 Å². The number of aryl methyl sites for hydroxylation is 1. The van der Waals surface area contributed by atoms with Gasteiger partial charge in [-0.25, -0.2) is 4.98 Å². The number of para-hydroxylation sites is 1. The van der Waals surface area contributed by atoms with E-state index in [0.29, 0.717) is 33.6 Å². The first-order chi connectivity index (χ1) is 10.9. The van der Waals surface area contributed by atoms with Gasteiger partial charge in [-0.05, 0) is 26.0 Å².